The smallest absolute Gasteiger partial charge is 0.410 e. The summed E-state index contributed by atoms with van der Waals surface area (Å²) in [5.41, 5.74) is 6.25. The van der Waals surface area contributed by atoms with Gasteiger partial charge in [-0.2, -0.15) is 0 Å². The van der Waals surface area contributed by atoms with Crippen LogP contribution in [0.3, 0.4) is 0 Å². The number of carbonyl (C=O) groups is 1. The van der Waals surface area contributed by atoms with Crippen molar-refractivity contribution in [3.05, 3.63) is 83.6 Å². The van der Waals surface area contributed by atoms with E-state index in [1.165, 1.54) is 34.2 Å². The molecule has 5 nitrogen and oxygen atoms in total. The highest BCUT2D eigenvalue weighted by Crippen LogP contribution is 2.47. The lowest BCUT2D eigenvalue weighted by molar-refractivity contribution is 0.0667. The number of hydrogen-bond acceptors (Lipinski definition) is 4. The predicted molar refractivity (Wildman–Crippen MR) is 134 cm³/mol. The van der Waals surface area contributed by atoms with Gasteiger partial charge in [-0.05, 0) is 59.6 Å². The molecular weight excluding hydrogens is 422 g/mol. The highest BCUT2D eigenvalue weighted by Gasteiger charge is 2.47. The van der Waals surface area contributed by atoms with E-state index in [-0.39, 0.29) is 24.1 Å². The monoisotopic (exact) mass is 453 g/mol. The molecule has 2 aromatic carbocycles. The van der Waals surface area contributed by atoms with Crippen molar-refractivity contribution in [3.8, 4) is 11.1 Å². The standard InChI is InChI=1S/C29H31N3O2/c1-31(2)28-15-14-19(17-30-28)25-16-20-8-7-13-27(25)32(20)29(33)34-18-26-23-11-5-3-9-21(23)22-10-4-6-12-24(22)26/h3-6,9-12,14-15,17,20,25-27H,7-8,13,16,18H2,1-2H3. The van der Waals surface area contributed by atoms with Gasteiger partial charge in [0.15, 0.2) is 0 Å². The SMILES string of the molecule is CN(C)c1ccc(C2CC3CCCC2N3C(=O)OCC2c3ccccc3-c3ccccc32)cn1. The van der Waals surface area contributed by atoms with Crippen molar-refractivity contribution in [2.24, 2.45) is 0 Å². The minimum Gasteiger partial charge on any atom is -0.448 e. The van der Waals surface area contributed by atoms with Crippen LogP contribution < -0.4 is 4.90 Å². The lowest BCUT2D eigenvalue weighted by atomic mass is 9.91. The fourth-order valence-electron chi connectivity index (χ4n) is 6.38. The molecule has 34 heavy (non-hydrogen) atoms. The first-order valence-electron chi connectivity index (χ1n) is 12.4. The van der Waals surface area contributed by atoms with Gasteiger partial charge in [0.25, 0.3) is 0 Å². The van der Waals surface area contributed by atoms with Crippen LogP contribution in [0.15, 0.2) is 66.9 Å². The van der Waals surface area contributed by atoms with E-state index in [9.17, 15) is 4.79 Å². The van der Waals surface area contributed by atoms with E-state index >= 15 is 0 Å². The Hall–Kier alpha value is -3.34. The normalized spacial score (nSPS) is 22.9. The van der Waals surface area contributed by atoms with Crippen molar-refractivity contribution < 1.29 is 9.53 Å². The minimum absolute atomic E-state index is 0.0948. The van der Waals surface area contributed by atoms with E-state index in [4.69, 9.17) is 4.74 Å². The number of piperidine rings is 1. The molecule has 5 heteroatoms. The maximum Gasteiger partial charge on any atom is 0.410 e. The van der Waals surface area contributed by atoms with Crippen molar-refractivity contribution >= 4 is 11.9 Å². The van der Waals surface area contributed by atoms with Gasteiger partial charge in [-0.1, -0.05) is 54.6 Å². The molecule has 3 heterocycles. The number of rotatable bonds is 4. The van der Waals surface area contributed by atoms with Gasteiger partial charge >= 0.3 is 6.09 Å². The van der Waals surface area contributed by atoms with E-state index in [0.717, 1.165) is 25.1 Å². The number of hydrogen-bond donors (Lipinski definition) is 0. The van der Waals surface area contributed by atoms with Crippen LogP contribution in [0.1, 0.15) is 54.2 Å². The van der Waals surface area contributed by atoms with Gasteiger partial charge < -0.3 is 14.5 Å². The zero-order chi connectivity index (χ0) is 23.2. The molecule has 2 saturated heterocycles. The molecule has 0 N–H and O–H groups in total. The second-order valence-electron chi connectivity index (χ2n) is 10.0. The number of anilines is 1. The molecule has 3 unspecified atom stereocenters. The topological polar surface area (TPSA) is 45.7 Å². The second-order valence-corrected chi connectivity index (χ2v) is 10.0. The van der Waals surface area contributed by atoms with E-state index in [1.807, 2.05) is 25.2 Å². The molecule has 3 aromatic rings. The molecule has 3 aliphatic rings. The summed E-state index contributed by atoms with van der Waals surface area (Å²) in [6, 6.07) is 21.7. The number of carbonyl (C=O) groups excluding carboxylic acids is 1. The Bertz CT molecular complexity index is 1160. The van der Waals surface area contributed by atoms with Gasteiger partial charge in [0.05, 0.1) is 0 Å². The number of benzene rings is 2. The zero-order valence-electron chi connectivity index (χ0n) is 19.9. The second kappa shape index (κ2) is 8.46. The van der Waals surface area contributed by atoms with Gasteiger partial charge in [0.2, 0.25) is 0 Å². The quantitative estimate of drug-likeness (QED) is 0.500. The summed E-state index contributed by atoms with van der Waals surface area (Å²) in [7, 11) is 4.01. The van der Waals surface area contributed by atoms with E-state index in [2.05, 4.69) is 70.5 Å². The first-order chi connectivity index (χ1) is 16.6. The highest BCUT2D eigenvalue weighted by atomic mass is 16.6. The fourth-order valence-corrected chi connectivity index (χ4v) is 6.38. The van der Waals surface area contributed by atoms with Crippen LogP contribution >= 0.6 is 0 Å². The third-order valence-electron chi connectivity index (χ3n) is 7.98. The average Bonchev–Trinajstić information content (AvgIpc) is 3.30. The summed E-state index contributed by atoms with van der Waals surface area (Å²) >= 11 is 0. The summed E-state index contributed by atoms with van der Waals surface area (Å²) in [4.78, 5) is 22.1. The Morgan fingerprint density at radius 3 is 2.35 bits per heavy atom. The van der Waals surface area contributed by atoms with Crippen LogP contribution in [0.5, 0.6) is 0 Å². The molecule has 1 aliphatic carbocycles. The van der Waals surface area contributed by atoms with Crippen LogP contribution in [0.4, 0.5) is 10.6 Å². The molecule has 0 spiro atoms. The third-order valence-corrected chi connectivity index (χ3v) is 7.98. The van der Waals surface area contributed by atoms with E-state index < -0.39 is 0 Å². The Morgan fingerprint density at radius 2 is 1.71 bits per heavy atom. The fraction of sp³-hybridized carbons (Fsp3) is 0.379. The molecular formula is C29H31N3O2. The summed E-state index contributed by atoms with van der Waals surface area (Å²) in [6.45, 7) is 0.382. The summed E-state index contributed by atoms with van der Waals surface area (Å²) in [5.74, 6) is 1.38. The third kappa shape index (κ3) is 3.46. The Morgan fingerprint density at radius 1 is 1.00 bits per heavy atom. The Balaban J connectivity index is 1.20. The molecule has 0 saturated carbocycles. The van der Waals surface area contributed by atoms with Crippen molar-refractivity contribution in [2.75, 3.05) is 25.6 Å². The zero-order valence-corrected chi connectivity index (χ0v) is 19.9. The van der Waals surface area contributed by atoms with Gasteiger partial charge in [0.1, 0.15) is 12.4 Å². The molecule has 0 radical (unpaired) electrons. The van der Waals surface area contributed by atoms with Crippen LogP contribution in [0, 0.1) is 0 Å². The number of pyridine rings is 1. The number of amides is 1. The summed E-state index contributed by atoms with van der Waals surface area (Å²) < 4.78 is 6.06. The molecule has 2 aliphatic heterocycles. The average molecular weight is 454 g/mol. The van der Waals surface area contributed by atoms with Crippen LogP contribution in [0.25, 0.3) is 11.1 Å². The Kier molecular flexibility index (Phi) is 5.28. The molecule has 1 amide bonds. The first kappa shape index (κ1) is 21.2. The Labute approximate surface area is 201 Å². The number of nitrogens with zero attached hydrogens (tertiary/aromatic N) is 3. The first-order valence-corrected chi connectivity index (χ1v) is 12.4. The van der Waals surface area contributed by atoms with Crippen LogP contribution in [-0.4, -0.2) is 48.8 Å². The van der Waals surface area contributed by atoms with Crippen molar-refractivity contribution in [1.82, 2.24) is 9.88 Å². The molecule has 2 fully saturated rings. The molecule has 1 aromatic heterocycles. The van der Waals surface area contributed by atoms with Gasteiger partial charge in [0, 0.05) is 44.2 Å². The van der Waals surface area contributed by atoms with Crippen LogP contribution in [0.2, 0.25) is 0 Å². The molecule has 2 bridgehead atoms. The maximum atomic E-state index is 13.4. The van der Waals surface area contributed by atoms with Gasteiger partial charge in [-0.15, -0.1) is 0 Å². The predicted octanol–water partition coefficient (Wildman–Crippen LogP) is 5.81. The number of fused-ring (bicyclic) bond motifs is 5. The summed E-state index contributed by atoms with van der Waals surface area (Å²) in [5, 5.41) is 0. The summed E-state index contributed by atoms with van der Waals surface area (Å²) in [6.07, 6.45) is 6.09. The maximum absolute atomic E-state index is 13.4. The van der Waals surface area contributed by atoms with Crippen LogP contribution in [-0.2, 0) is 4.74 Å². The number of ether oxygens (including phenoxy) is 1. The molecule has 174 valence electrons. The number of aromatic nitrogens is 1. The lowest BCUT2D eigenvalue weighted by Gasteiger charge is -2.35. The van der Waals surface area contributed by atoms with Gasteiger partial charge in [-0.25, -0.2) is 9.78 Å². The van der Waals surface area contributed by atoms with E-state index in [1.54, 1.807) is 0 Å². The minimum atomic E-state index is -0.156. The van der Waals surface area contributed by atoms with Crippen molar-refractivity contribution in [1.29, 1.82) is 0 Å². The van der Waals surface area contributed by atoms with Crippen molar-refractivity contribution in [2.45, 2.75) is 49.6 Å². The largest absolute Gasteiger partial charge is 0.448 e. The molecule has 3 atom stereocenters. The lowest BCUT2D eigenvalue weighted by Crippen LogP contribution is -2.45. The highest BCUT2D eigenvalue weighted by molar-refractivity contribution is 5.79. The van der Waals surface area contributed by atoms with E-state index in [0.29, 0.717) is 12.5 Å². The van der Waals surface area contributed by atoms with Gasteiger partial charge in [-0.3, -0.25) is 0 Å². The van der Waals surface area contributed by atoms with Crippen molar-refractivity contribution in [3.63, 3.8) is 0 Å². The molecule has 6 rings (SSSR count).